The maximum absolute atomic E-state index is 12.7. The fourth-order valence-electron chi connectivity index (χ4n) is 2.74. The molecule has 0 radical (unpaired) electrons. The first-order valence-electron chi connectivity index (χ1n) is 6.88. The van der Waals surface area contributed by atoms with E-state index in [4.69, 9.17) is 0 Å². The molecule has 0 aromatic heterocycles. The maximum Gasteiger partial charge on any atom is 0.326 e. The van der Waals surface area contributed by atoms with Gasteiger partial charge in [0.05, 0.1) is 5.75 Å². The maximum atomic E-state index is 12.7. The number of hydrogen-bond acceptors (Lipinski definition) is 5. The van der Waals surface area contributed by atoms with Crippen molar-refractivity contribution in [2.75, 3.05) is 12.3 Å². The summed E-state index contributed by atoms with van der Waals surface area (Å²) in [6.45, 7) is -0.127. The van der Waals surface area contributed by atoms with E-state index in [1.807, 2.05) is 0 Å². The lowest BCUT2D eigenvalue weighted by atomic mass is 10.0. The van der Waals surface area contributed by atoms with Gasteiger partial charge in [-0.25, -0.2) is 4.79 Å². The van der Waals surface area contributed by atoms with Crippen LogP contribution in [0.5, 0.6) is 5.75 Å². The van der Waals surface area contributed by atoms with Crippen LogP contribution in [0.2, 0.25) is 0 Å². The Kier molecular flexibility index (Phi) is 4.88. The molecule has 0 saturated carbocycles. The van der Waals surface area contributed by atoms with Crippen LogP contribution in [0.4, 0.5) is 3.89 Å². The van der Waals surface area contributed by atoms with Crippen molar-refractivity contribution in [2.24, 2.45) is 5.92 Å². The summed E-state index contributed by atoms with van der Waals surface area (Å²) in [5.74, 6) is -3.35. The van der Waals surface area contributed by atoms with Crippen LogP contribution in [0, 0.1) is 5.92 Å². The number of nitrogens with zero attached hydrogens (tertiary/aromatic N) is 1. The Balaban J connectivity index is 2.15. The first-order chi connectivity index (χ1) is 10.7. The van der Waals surface area contributed by atoms with Gasteiger partial charge >= 0.3 is 16.2 Å². The predicted molar refractivity (Wildman–Crippen MR) is 77.9 cm³/mol. The van der Waals surface area contributed by atoms with E-state index in [-0.39, 0.29) is 25.1 Å². The molecular formula is C14H16FNO6S. The molecular weight excluding hydrogens is 329 g/mol. The molecule has 1 amide bonds. The van der Waals surface area contributed by atoms with E-state index in [1.165, 1.54) is 12.1 Å². The lowest BCUT2D eigenvalue weighted by Gasteiger charge is -2.24. The summed E-state index contributed by atoms with van der Waals surface area (Å²) in [6, 6.07) is 4.78. The third-order valence-corrected chi connectivity index (χ3v) is 4.54. The molecule has 7 nitrogen and oxygen atoms in total. The Morgan fingerprint density at radius 3 is 2.70 bits per heavy atom. The third kappa shape index (κ3) is 4.65. The van der Waals surface area contributed by atoms with Crippen LogP contribution in [0.25, 0.3) is 0 Å². The molecule has 1 saturated heterocycles. The van der Waals surface area contributed by atoms with Gasteiger partial charge in [-0.1, -0.05) is 12.1 Å². The Labute approximate surface area is 132 Å². The van der Waals surface area contributed by atoms with Gasteiger partial charge in [0.25, 0.3) is 0 Å². The molecule has 1 aromatic carbocycles. The summed E-state index contributed by atoms with van der Waals surface area (Å²) in [7, 11) is -4.72. The summed E-state index contributed by atoms with van der Waals surface area (Å²) in [6.07, 6.45) is -0.239. The van der Waals surface area contributed by atoms with Crippen LogP contribution in [0.15, 0.2) is 24.3 Å². The number of carbonyl (C=O) groups excluding carboxylic acids is 1. The van der Waals surface area contributed by atoms with Gasteiger partial charge < -0.3 is 15.1 Å². The van der Waals surface area contributed by atoms with Gasteiger partial charge in [0.15, 0.2) is 0 Å². The molecule has 0 spiro atoms. The van der Waals surface area contributed by atoms with Crippen molar-refractivity contribution < 1.29 is 32.1 Å². The average Bonchev–Trinajstić information content (AvgIpc) is 2.74. The van der Waals surface area contributed by atoms with Crippen molar-refractivity contribution in [2.45, 2.75) is 18.9 Å². The minimum absolute atomic E-state index is 0.0270. The topological polar surface area (TPSA) is 112 Å². The fourth-order valence-corrected chi connectivity index (χ4v) is 3.53. The smallest absolute Gasteiger partial charge is 0.326 e. The molecule has 1 aliphatic heterocycles. The second kappa shape index (κ2) is 6.53. The number of rotatable bonds is 6. The van der Waals surface area contributed by atoms with Gasteiger partial charge in [-0.2, -0.15) is 8.42 Å². The average molecular weight is 345 g/mol. The summed E-state index contributed by atoms with van der Waals surface area (Å²) in [5.41, 5.74) is 0.520. The molecule has 23 heavy (non-hydrogen) atoms. The monoisotopic (exact) mass is 345 g/mol. The normalized spacial score (nSPS) is 19.8. The van der Waals surface area contributed by atoms with Gasteiger partial charge in [-0.3, -0.25) is 4.79 Å². The van der Waals surface area contributed by atoms with Crippen LogP contribution in [0.1, 0.15) is 12.0 Å². The highest BCUT2D eigenvalue weighted by atomic mass is 32.3. The van der Waals surface area contributed by atoms with Gasteiger partial charge in [0, 0.05) is 25.3 Å². The molecule has 1 unspecified atom stereocenters. The molecule has 9 heteroatoms. The first-order valence-corrected chi connectivity index (χ1v) is 8.43. The Morgan fingerprint density at radius 1 is 1.43 bits per heavy atom. The SMILES string of the molecule is O=C(O)[C@H](Cc1cccc(O)c1)N1CC(CS(=O)(=O)F)CC1=O. The second-order valence-corrected chi connectivity index (χ2v) is 6.96. The van der Waals surface area contributed by atoms with E-state index in [9.17, 15) is 32.1 Å². The number of carboxylic acids is 1. The lowest BCUT2D eigenvalue weighted by molar-refractivity contribution is -0.148. The molecule has 0 bridgehead atoms. The summed E-state index contributed by atoms with van der Waals surface area (Å²) < 4.78 is 34.1. The van der Waals surface area contributed by atoms with Crippen LogP contribution in [0.3, 0.4) is 0 Å². The number of hydrogen-bond donors (Lipinski definition) is 2. The number of benzene rings is 1. The summed E-state index contributed by atoms with van der Waals surface area (Å²) >= 11 is 0. The highest BCUT2D eigenvalue weighted by Gasteiger charge is 2.39. The second-order valence-electron chi connectivity index (χ2n) is 5.55. The number of aromatic hydroxyl groups is 1. The minimum atomic E-state index is -4.72. The van der Waals surface area contributed by atoms with Gasteiger partial charge in [-0.05, 0) is 17.7 Å². The zero-order chi connectivity index (χ0) is 17.2. The molecule has 0 aliphatic carbocycles. The van der Waals surface area contributed by atoms with E-state index < -0.39 is 39.8 Å². The largest absolute Gasteiger partial charge is 0.508 e. The number of carboxylic acid groups (broad SMARTS) is 1. The number of aliphatic carboxylic acids is 1. The van der Waals surface area contributed by atoms with Crippen LogP contribution in [-0.4, -0.2) is 53.7 Å². The zero-order valence-corrected chi connectivity index (χ0v) is 12.9. The zero-order valence-electron chi connectivity index (χ0n) is 12.1. The fraction of sp³-hybridized carbons (Fsp3) is 0.429. The lowest BCUT2D eigenvalue weighted by Crippen LogP contribution is -2.43. The Morgan fingerprint density at radius 2 is 2.13 bits per heavy atom. The molecule has 1 heterocycles. The van der Waals surface area contributed by atoms with E-state index in [0.717, 1.165) is 4.90 Å². The number of phenolic OH excluding ortho intramolecular Hbond substituents is 1. The number of amides is 1. The number of likely N-dealkylation sites (tertiary alicyclic amines) is 1. The summed E-state index contributed by atoms with van der Waals surface area (Å²) in [5, 5.41) is 18.8. The predicted octanol–water partition coefficient (Wildman–Crippen LogP) is 0.536. The third-order valence-electron chi connectivity index (χ3n) is 3.67. The van der Waals surface area contributed by atoms with Crippen molar-refractivity contribution in [3.63, 3.8) is 0 Å². The van der Waals surface area contributed by atoms with Crippen molar-refractivity contribution in [1.82, 2.24) is 4.90 Å². The van der Waals surface area contributed by atoms with Crippen molar-refractivity contribution in [3.05, 3.63) is 29.8 Å². The highest BCUT2D eigenvalue weighted by molar-refractivity contribution is 7.86. The summed E-state index contributed by atoms with van der Waals surface area (Å²) in [4.78, 5) is 24.5. The van der Waals surface area contributed by atoms with E-state index in [0.29, 0.717) is 5.56 Å². The van der Waals surface area contributed by atoms with Gasteiger partial charge in [0.2, 0.25) is 5.91 Å². The van der Waals surface area contributed by atoms with E-state index in [1.54, 1.807) is 12.1 Å². The van der Waals surface area contributed by atoms with E-state index in [2.05, 4.69) is 0 Å². The number of phenols is 1. The molecule has 1 aliphatic rings. The van der Waals surface area contributed by atoms with Crippen molar-refractivity contribution >= 4 is 22.1 Å². The number of halogens is 1. The number of carbonyl (C=O) groups is 2. The Bertz CT molecular complexity index is 720. The molecule has 126 valence electrons. The highest BCUT2D eigenvalue weighted by Crippen LogP contribution is 2.24. The standard InChI is InChI=1S/C14H16FNO6S/c15-23(21,22)8-10-6-13(18)16(7-10)12(14(19)20)5-9-2-1-3-11(17)4-9/h1-4,10,12,17H,5-8H2,(H,19,20)/t10?,12-/m0/s1. The minimum Gasteiger partial charge on any atom is -0.508 e. The van der Waals surface area contributed by atoms with Crippen LogP contribution >= 0.6 is 0 Å². The molecule has 2 rings (SSSR count). The molecule has 2 N–H and O–H groups in total. The molecule has 2 atom stereocenters. The molecule has 1 fully saturated rings. The van der Waals surface area contributed by atoms with Crippen LogP contribution < -0.4 is 0 Å². The first kappa shape index (κ1) is 17.2. The Hall–Kier alpha value is -2.16. The van der Waals surface area contributed by atoms with Gasteiger partial charge in [-0.15, -0.1) is 3.89 Å². The van der Waals surface area contributed by atoms with Crippen molar-refractivity contribution in [1.29, 1.82) is 0 Å². The van der Waals surface area contributed by atoms with Crippen molar-refractivity contribution in [3.8, 4) is 5.75 Å². The quantitative estimate of drug-likeness (QED) is 0.728. The van der Waals surface area contributed by atoms with Crippen LogP contribution in [-0.2, 0) is 26.2 Å². The van der Waals surface area contributed by atoms with Gasteiger partial charge in [0.1, 0.15) is 11.8 Å². The van der Waals surface area contributed by atoms with E-state index >= 15 is 0 Å². The molecule has 1 aromatic rings.